The lowest BCUT2D eigenvalue weighted by Crippen LogP contribution is -2.14. The quantitative estimate of drug-likeness (QED) is 0.491. The van der Waals surface area contributed by atoms with E-state index in [4.69, 9.17) is 16.4 Å². The fraction of sp³-hybridized carbons (Fsp3) is 0.0952. The van der Waals surface area contributed by atoms with Gasteiger partial charge in [-0.15, -0.1) is 0 Å². The Hall–Kier alpha value is -3.85. The number of nitrogens with two attached hydrogens (primary N) is 1. The lowest BCUT2D eigenvalue weighted by molar-refractivity contribution is 0.102. The minimum absolute atomic E-state index is 0.284. The van der Waals surface area contributed by atoms with Crippen LogP contribution in [0.15, 0.2) is 54.6 Å². The van der Waals surface area contributed by atoms with Crippen LogP contribution in [0.3, 0.4) is 0 Å². The van der Waals surface area contributed by atoms with Crippen molar-refractivity contribution in [2.24, 2.45) is 7.05 Å². The SMILES string of the molecule is Cc1c(C(=O)Nc2ccc(N)c(C(=N)c3ccccc3)c2)cc(C#N)n1C. The summed E-state index contributed by atoms with van der Waals surface area (Å²) in [5, 5.41) is 20.4. The van der Waals surface area contributed by atoms with E-state index < -0.39 is 0 Å². The number of hydrogen-bond donors (Lipinski definition) is 3. The summed E-state index contributed by atoms with van der Waals surface area (Å²) in [6.07, 6.45) is 0. The van der Waals surface area contributed by atoms with E-state index in [1.165, 1.54) is 0 Å². The van der Waals surface area contributed by atoms with Crippen LogP contribution in [-0.4, -0.2) is 16.2 Å². The number of nitrogen functional groups attached to an aromatic ring is 1. The molecule has 6 heteroatoms. The summed E-state index contributed by atoms with van der Waals surface area (Å²) in [6.45, 7) is 1.79. The van der Waals surface area contributed by atoms with Crippen LogP contribution in [0, 0.1) is 23.7 Å². The molecule has 0 radical (unpaired) electrons. The number of nitrogens with zero attached hydrogens (tertiary/aromatic N) is 2. The number of anilines is 2. The van der Waals surface area contributed by atoms with Crippen molar-refractivity contribution in [2.75, 3.05) is 11.1 Å². The van der Waals surface area contributed by atoms with Crippen molar-refractivity contribution >= 4 is 23.0 Å². The van der Waals surface area contributed by atoms with E-state index in [9.17, 15) is 4.79 Å². The molecule has 3 rings (SSSR count). The van der Waals surface area contributed by atoms with Gasteiger partial charge in [0.2, 0.25) is 0 Å². The molecule has 0 aliphatic heterocycles. The Kier molecular flexibility index (Phi) is 4.77. The Balaban J connectivity index is 1.90. The van der Waals surface area contributed by atoms with E-state index in [0.29, 0.717) is 33.9 Å². The molecular formula is C21H19N5O. The number of hydrogen-bond acceptors (Lipinski definition) is 4. The summed E-state index contributed by atoms with van der Waals surface area (Å²) in [6, 6.07) is 17.9. The first-order chi connectivity index (χ1) is 12.9. The Morgan fingerprint density at radius 1 is 1.15 bits per heavy atom. The highest BCUT2D eigenvalue weighted by atomic mass is 16.1. The molecule has 1 heterocycles. The Morgan fingerprint density at radius 2 is 1.85 bits per heavy atom. The van der Waals surface area contributed by atoms with Gasteiger partial charge in [-0.2, -0.15) is 5.26 Å². The maximum Gasteiger partial charge on any atom is 0.257 e. The van der Waals surface area contributed by atoms with E-state index in [0.717, 1.165) is 5.56 Å². The normalized spacial score (nSPS) is 10.3. The van der Waals surface area contributed by atoms with Gasteiger partial charge in [-0.3, -0.25) is 10.2 Å². The smallest absolute Gasteiger partial charge is 0.257 e. The highest BCUT2D eigenvalue weighted by Gasteiger charge is 2.17. The molecule has 3 aromatic rings. The van der Waals surface area contributed by atoms with Gasteiger partial charge in [-0.1, -0.05) is 30.3 Å². The Labute approximate surface area is 157 Å². The minimum atomic E-state index is -0.313. The molecule has 1 aromatic heterocycles. The molecule has 0 saturated carbocycles. The minimum Gasteiger partial charge on any atom is -0.398 e. The zero-order chi connectivity index (χ0) is 19.6. The Bertz CT molecular complexity index is 1070. The maximum absolute atomic E-state index is 12.6. The topological polar surface area (TPSA) is 108 Å². The zero-order valence-corrected chi connectivity index (χ0v) is 15.1. The number of rotatable bonds is 4. The number of carbonyl (C=O) groups is 1. The second-order valence-corrected chi connectivity index (χ2v) is 6.20. The summed E-state index contributed by atoms with van der Waals surface area (Å²) in [5.74, 6) is -0.313. The van der Waals surface area contributed by atoms with Gasteiger partial charge in [0.05, 0.1) is 11.3 Å². The van der Waals surface area contributed by atoms with E-state index in [2.05, 4.69) is 11.4 Å². The number of nitriles is 1. The van der Waals surface area contributed by atoms with Gasteiger partial charge in [0.15, 0.2) is 0 Å². The first-order valence-corrected chi connectivity index (χ1v) is 8.34. The van der Waals surface area contributed by atoms with E-state index in [1.54, 1.807) is 42.8 Å². The fourth-order valence-corrected chi connectivity index (χ4v) is 2.85. The number of nitrogens with one attached hydrogen (secondary N) is 2. The third-order valence-corrected chi connectivity index (χ3v) is 4.54. The molecule has 134 valence electrons. The molecule has 0 fully saturated rings. The van der Waals surface area contributed by atoms with Crippen molar-refractivity contribution in [3.05, 3.63) is 82.7 Å². The lowest BCUT2D eigenvalue weighted by Gasteiger charge is -2.11. The van der Waals surface area contributed by atoms with Gasteiger partial charge in [0.1, 0.15) is 11.8 Å². The molecule has 4 N–H and O–H groups in total. The molecule has 6 nitrogen and oxygen atoms in total. The third kappa shape index (κ3) is 3.44. The molecule has 0 aliphatic carbocycles. The number of benzene rings is 2. The van der Waals surface area contributed by atoms with Crippen LogP contribution in [-0.2, 0) is 7.05 Å². The van der Waals surface area contributed by atoms with Gasteiger partial charge in [-0.05, 0) is 31.2 Å². The average Bonchev–Trinajstić information content (AvgIpc) is 2.98. The number of aromatic nitrogens is 1. The first-order valence-electron chi connectivity index (χ1n) is 8.34. The summed E-state index contributed by atoms with van der Waals surface area (Å²) >= 11 is 0. The highest BCUT2D eigenvalue weighted by molar-refractivity contribution is 6.15. The molecule has 2 aromatic carbocycles. The van der Waals surface area contributed by atoms with E-state index in [-0.39, 0.29) is 11.6 Å². The molecular weight excluding hydrogens is 338 g/mol. The van der Waals surface area contributed by atoms with Gasteiger partial charge in [0.25, 0.3) is 5.91 Å². The second-order valence-electron chi connectivity index (χ2n) is 6.20. The van der Waals surface area contributed by atoms with E-state index >= 15 is 0 Å². The van der Waals surface area contributed by atoms with Crippen LogP contribution in [0.5, 0.6) is 0 Å². The fourth-order valence-electron chi connectivity index (χ4n) is 2.85. The Morgan fingerprint density at radius 3 is 2.48 bits per heavy atom. The summed E-state index contributed by atoms with van der Waals surface area (Å²) in [5.41, 5.74) is 10.2. The van der Waals surface area contributed by atoms with E-state index in [1.807, 2.05) is 30.3 Å². The zero-order valence-electron chi connectivity index (χ0n) is 15.1. The molecule has 27 heavy (non-hydrogen) atoms. The number of carbonyl (C=O) groups excluding carboxylic acids is 1. The monoisotopic (exact) mass is 357 g/mol. The summed E-state index contributed by atoms with van der Waals surface area (Å²) in [7, 11) is 1.74. The third-order valence-electron chi connectivity index (χ3n) is 4.54. The van der Waals surface area contributed by atoms with Crippen molar-refractivity contribution in [2.45, 2.75) is 6.92 Å². The maximum atomic E-state index is 12.6. The van der Waals surface area contributed by atoms with Crippen molar-refractivity contribution in [1.82, 2.24) is 4.57 Å². The van der Waals surface area contributed by atoms with Crippen LogP contribution < -0.4 is 11.1 Å². The standard InChI is InChI=1S/C21H19N5O/c1-13-17(11-16(12-22)26(13)2)21(27)25-15-8-9-19(23)18(10-15)20(24)14-6-4-3-5-7-14/h3-11,24H,23H2,1-2H3,(H,25,27). The average molecular weight is 357 g/mol. The predicted molar refractivity (Wildman–Crippen MR) is 106 cm³/mol. The van der Waals surface area contributed by atoms with Crippen molar-refractivity contribution in [3.63, 3.8) is 0 Å². The predicted octanol–water partition coefficient (Wildman–Crippen LogP) is 3.46. The van der Waals surface area contributed by atoms with Gasteiger partial charge >= 0.3 is 0 Å². The van der Waals surface area contributed by atoms with Crippen LogP contribution in [0.4, 0.5) is 11.4 Å². The largest absolute Gasteiger partial charge is 0.398 e. The molecule has 0 unspecified atom stereocenters. The van der Waals surface area contributed by atoms with Gasteiger partial charge < -0.3 is 15.6 Å². The second kappa shape index (κ2) is 7.18. The van der Waals surface area contributed by atoms with Gasteiger partial charge in [0, 0.05) is 35.2 Å². The van der Waals surface area contributed by atoms with Crippen molar-refractivity contribution < 1.29 is 4.79 Å². The molecule has 0 spiro atoms. The van der Waals surface area contributed by atoms with Crippen LogP contribution in [0.25, 0.3) is 0 Å². The van der Waals surface area contributed by atoms with Crippen LogP contribution in [0.1, 0.15) is 32.9 Å². The lowest BCUT2D eigenvalue weighted by atomic mass is 10.0. The first kappa shape index (κ1) is 18.0. The summed E-state index contributed by atoms with van der Waals surface area (Å²) in [4.78, 5) is 12.6. The van der Waals surface area contributed by atoms with Gasteiger partial charge in [-0.25, -0.2) is 0 Å². The molecule has 0 aliphatic rings. The van der Waals surface area contributed by atoms with Crippen molar-refractivity contribution in [1.29, 1.82) is 10.7 Å². The summed E-state index contributed by atoms with van der Waals surface area (Å²) < 4.78 is 1.68. The molecule has 0 saturated heterocycles. The van der Waals surface area contributed by atoms with Crippen LogP contribution in [0.2, 0.25) is 0 Å². The molecule has 0 bridgehead atoms. The molecule has 0 atom stereocenters. The van der Waals surface area contributed by atoms with Crippen molar-refractivity contribution in [3.8, 4) is 6.07 Å². The molecule has 1 amide bonds. The van der Waals surface area contributed by atoms with Crippen LogP contribution >= 0.6 is 0 Å². The number of amides is 1. The highest BCUT2D eigenvalue weighted by Crippen LogP contribution is 2.22.